The Bertz CT molecular complexity index is 1600. The van der Waals surface area contributed by atoms with Gasteiger partial charge in [0.15, 0.2) is 0 Å². The van der Waals surface area contributed by atoms with E-state index in [1.807, 2.05) is 25.1 Å². The Kier molecular flexibility index (Phi) is 9.11. The summed E-state index contributed by atoms with van der Waals surface area (Å²) in [5.74, 6) is 0.144. The number of rotatable bonds is 7. The second-order valence-corrected chi connectivity index (χ2v) is 10.9. The van der Waals surface area contributed by atoms with E-state index in [2.05, 4.69) is 32.0 Å². The molecular formula is C34H34Cl2N2O3. The Labute approximate surface area is 252 Å². The quantitative estimate of drug-likeness (QED) is 0.232. The number of amides is 1. The van der Waals surface area contributed by atoms with Gasteiger partial charge in [0, 0.05) is 22.6 Å². The molecule has 0 saturated heterocycles. The van der Waals surface area contributed by atoms with Crippen molar-refractivity contribution < 1.29 is 15.0 Å². The highest BCUT2D eigenvalue weighted by Crippen LogP contribution is 2.37. The Morgan fingerprint density at radius 1 is 0.829 bits per heavy atom. The number of nitrogens with zero attached hydrogens (tertiary/aromatic N) is 2. The molecule has 0 fully saturated rings. The van der Waals surface area contributed by atoms with Crippen LogP contribution in [0.2, 0.25) is 5.02 Å². The van der Waals surface area contributed by atoms with Crippen LogP contribution in [0.4, 0.5) is 5.69 Å². The lowest BCUT2D eigenvalue weighted by molar-refractivity contribution is -0.123. The highest BCUT2D eigenvalue weighted by atomic mass is 35.5. The number of hydrogen-bond donors (Lipinski definition) is 2. The minimum absolute atomic E-state index is 0. The maximum absolute atomic E-state index is 14.6. The summed E-state index contributed by atoms with van der Waals surface area (Å²) < 4.78 is 0. The number of carbonyl (C=O) groups excluding carboxylic acids is 1. The largest absolute Gasteiger partial charge is 0.508 e. The molecule has 0 aromatic heterocycles. The standard InChI is InChI=1S/C34H33ClN2O3.ClH/c1-4-24-10-9-22(17-25(24)5-2)20-34(3)33(40)37(21-23-7-6-8-29(39)18-23)31-16-13-27(35)19-30(31)32(36-34)26-11-14-28(38)15-12-26;/h6-19,38-39H,4-5,20-21H2,1-3H3;1H. The molecule has 1 atom stereocenters. The zero-order chi connectivity index (χ0) is 28.4. The molecule has 4 aromatic carbocycles. The first-order valence-corrected chi connectivity index (χ1v) is 14.0. The fourth-order valence-corrected chi connectivity index (χ4v) is 5.67. The van der Waals surface area contributed by atoms with Crippen molar-refractivity contribution in [1.82, 2.24) is 0 Å². The molecule has 4 aromatic rings. The molecule has 1 unspecified atom stereocenters. The number of aryl methyl sites for hydroxylation is 2. The molecule has 5 rings (SSSR count). The van der Waals surface area contributed by atoms with E-state index in [-0.39, 0.29) is 36.4 Å². The zero-order valence-corrected chi connectivity index (χ0v) is 25.0. The molecule has 2 N–H and O–H groups in total. The van der Waals surface area contributed by atoms with E-state index in [1.165, 1.54) is 11.1 Å². The first-order valence-electron chi connectivity index (χ1n) is 13.6. The lowest BCUT2D eigenvalue weighted by Gasteiger charge is -2.31. The predicted molar refractivity (Wildman–Crippen MR) is 169 cm³/mol. The van der Waals surface area contributed by atoms with Crippen LogP contribution in [-0.4, -0.2) is 27.4 Å². The second kappa shape index (κ2) is 12.4. The Morgan fingerprint density at radius 2 is 1.56 bits per heavy atom. The smallest absolute Gasteiger partial charge is 0.255 e. The van der Waals surface area contributed by atoms with Gasteiger partial charge in [0.05, 0.1) is 17.9 Å². The molecular weight excluding hydrogens is 555 g/mol. The van der Waals surface area contributed by atoms with Gasteiger partial charge in [0.1, 0.15) is 17.0 Å². The van der Waals surface area contributed by atoms with E-state index in [4.69, 9.17) is 16.6 Å². The Hall–Kier alpha value is -3.80. The lowest BCUT2D eigenvalue weighted by atomic mass is 9.89. The summed E-state index contributed by atoms with van der Waals surface area (Å²) in [7, 11) is 0. The van der Waals surface area contributed by atoms with Crippen LogP contribution in [0, 0.1) is 0 Å². The van der Waals surface area contributed by atoms with E-state index in [0.717, 1.165) is 35.1 Å². The van der Waals surface area contributed by atoms with Crippen molar-refractivity contribution in [2.45, 2.75) is 52.1 Å². The maximum Gasteiger partial charge on any atom is 0.255 e. The van der Waals surface area contributed by atoms with Gasteiger partial charge in [-0.05, 0) is 96.6 Å². The molecule has 0 aliphatic carbocycles. The average Bonchev–Trinajstić information content (AvgIpc) is 3.02. The summed E-state index contributed by atoms with van der Waals surface area (Å²) in [6.45, 7) is 6.44. The normalized spacial score (nSPS) is 16.4. The van der Waals surface area contributed by atoms with E-state index in [1.54, 1.807) is 53.4 Å². The van der Waals surface area contributed by atoms with Crippen molar-refractivity contribution in [1.29, 1.82) is 0 Å². The molecule has 0 radical (unpaired) electrons. The van der Waals surface area contributed by atoms with E-state index >= 15 is 0 Å². The number of benzodiazepines with no additional fused rings is 1. The van der Waals surface area contributed by atoms with Crippen LogP contribution in [0.25, 0.3) is 0 Å². The Morgan fingerprint density at radius 3 is 2.24 bits per heavy atom. The molecule has 1 aliphatic heterocycles. The van der Waals surface area contributed by atoms with Gasteiger partial charge in [-0.1, -0.05) is 55.8 Å². The van der Waals surface area contributed by atoms with Gasteiger partial charge in [-0.3, -0.25) is 9.79 Å². The summed E-state index contributed by atoms with van der Waals surface area (Å²) in [4.78, 5) is 21.6. The van der Waals surface area contributed by atoms with Gasteiger partial charge < -0.3 is 15.1 Å². The van der Waals surface area contributed by atoms with Crippen molar-refractivity contribution in [2.24, 2.45) is 4.99 Å². The third kappa shape index (κ3) is 6.27. The lowest BCUT2D eigenvalue weighted by Crippen LogP contribution is -2.46. The maximum atomic E-state index is 14.6. The topological polar surface area (TPSA) is 73.1 Å². The highest BCUT2D eigenvalue weighted by molar-refractivity contribution is 6.32. The van der Waals surface area contributed by atoms with Gasteiger partial charge in [0.25, 0.3) is 5.91 Å². The number of aliphatic imine (C=N–C) groups is 1. The van der Waals surface area contributed by atoms with Crippen LogP contribution < -0.4 is 4.90 Å². The number of carbonyl (C=O) groups is 1. The zero-order valence-electron chi connectivity index (χ0n) is 23.4. The van der Waals surface area contributed by atoms with Crippen molar-refractivity contribution in [3.05, 3.63) is 123 Å². The SMILES string of the molecule is CCc1ccc(CC2(C)N=C(c3ccc(O)cc3)c3cc(Cl)ccc3N(Cc3cccc(O)c3)C2=O)cc1CC.Cl. The van der Waals surface area contributed by atoms with Gasteiger partial charge in [0.2, 0.25) is 0 Å². The van der Waals surface area contributed by atoms with Crippen LogP contribution in [0.15, 0.2) is 89.9 Å². The number of halogens is 2. The fraction of sp³-hybridized carbons (Fsp3) is 0.235. The van der Waals surface area contributed by atoms with E-state index in [9.17, 15) is 15.0 Å². The molecule has 1 heterocycles. The molecule has 5 nitrogen and oxygen atoms in total. The minimum atomic E-state index is -1.14. The van der Waals surface area contributed by atoms with Crippen molar-refractivity contribution in [3.63, 3.8) is 0 Å². The number of aromatic hydroxyl groups is 2. The monoisotopic (exact) mass is 588 g/mol. The van der Waals surface area contributed by atoms with Gasteiger partial charge in [-0.25, -0.2) is 0 Å². The third-order valence-electron chi connectivity index (χ3n) is 7.54. The van der Waals surface area contributed by atoms with Crippen LogP contribution in [-0.2, 0) is 30.6 Å². The molecule has 212 valence electrons. The fourth-order valence-electron chi connectivity index (χ4n) is 5.50. The van der Waals surface area contributed by atoms with Gasteiger partial charge >= 0.3 is 0 Å². The van der Waals surface area contributed by atoms with Crippen molar-refractivity contribution in [3.8, 4) is 11.5 Å². The number of phenolic OH excluding ortho intramolecular Hbond substituents is 2. The molecule has 0 bridgehead atoms. The minimum Gasteiger partial charge on any atom is -0.508 e. The van der Waals surface area contributed by atoms with Gasteiger partial charge in [-0.15, -0.1) is 12.4 Å². The van der Waals surface area contributed by atoms with E-state index in [0.29, 0.717) is 22.8 Å². The van der Waals surface area contributed by atoms with E-state index < -0.39 is 5.54 Å². The molecule has 0 spiro atoms. The second-order valence-electron chi connectivity index (χ2n) is 10.5. The van der Waals surface area contributed by atoms with Crippen molar-refractivity contribution in [2.75, 3.05) is 4.90 Å². The predicted octanol–water partition coefficient (Wildman–Crippen LogP) is 7.68. The number of phenols is 2. The third-order valence-corrected chi connectivity index (χ3v) is 7.78. The number of benzene rings is 4. The van der Waals surface area contributed by atoms with Crippen LogP contribution in [0.1, 0.15) is 54.2 Å². The molecule has 41 heavy (non-hydrogen) atoms. The summed E-state index contributed by atoms with van der Waals surface area (Å²) in [5, 5.41) is 20.6. The van der Waals surface area contributed by atoms with Crippen molar-refractivity contribution >= 4 is 41.3 Å². The van der Waals surface area contributed by atoms with Crippen LogP contribution >= 0.6 is 24.0 Å². The summed E-state index contributed by atoms with van der Waals surface area (Å²) >= 11 is 6.50. The van der Waals surface area contributed by atoms with Crippen LogP contribution in [0.5, 0.6) is 11.5 Å². The Balaban J connectivity index is 0.00000387. The average molecular weight is 590 g/mol. The molecule has 1 aliphatic rings. The van der Waals surface area contributed by atoms with Gasteiger partial charge in [-0.2, -0.15) is 0 Å². The first-order chi connectivity index (χ1) is 19.2. The number of anilines is 1. The summed E-state index contributed by atoms with van der Waals surface area (Å²) in [5.41, 5.74) is 6.10. The molecule has 1 amide bonds. The summed E-state index contributed by atoms with van der Waals surface area (Å²) in [6, 6.07) is 25.7. The molecule has 0 saturated carbocycles. The molecule has 7 heteroatoms. The first kappa shape index (κ1) is 30.2. The number of hydrogen-bond acceptors (Lipinski definition) is 4. The number of fused-ring (bicyclic) bond motifs is 1. The van der Waals surface area contributed by atoms with Crippen LogP contribution in [0.3, 0.4) is 0 Å². The highest BCUT2D eigenvalue weighted by Gasteiger charge is 2.41. The summed E-state index contributed by atoms with van der Waals surface area (Å²) in [6.07, 6.45) is 2.27.